The largest absolute Gasteiger partial charge is 0.469 e. The first-order chi connectivity index (χ1) is 12.5. The topological polar surface area (TPSA) is 87.1 Å². The summed E-state index contributed by atoms with van der Waals surface area (Å²) in [6, 6.07) is 7.25. The van der Waals surface area contributed by atoms with Gasteiger partial charge in [0.2, 0.25) is 0 Å². The number of unbranched alkanes of at least 4 members (excludes halogenated alkanes) is 1. The zero-order valence-corrected chi connectivity index (χ0v) is 15.4. The molecule has 0 unspecified atom stereocenters. The Morgan fingerprint density at radius 3 is 2.77 bits per heavy atom. The van der Waals surface area contributed by atoms with E-state index in [1.165, 1.54) is 7.11 Å². The Kier molecular flexibility index (Phi) is 6.94. The number of carbonyl (C=O) groups excluding carboxylic acids is 2. The SMILES string of the molecule is COC(=O)CCCCN1C(=O)[C@](O)([C@H](C)/C=C/CCO)c2ccccc21. The summed E-state index contributed by atoms with van der Waals surface area (Å²) in [6.07, 6.45) is 5.59. The second-order valence-electron chi connectivity index (χ2n) is 6.50. The first-order valence-corrected chi connectivity index (χ1v) is 8.95. The van der Waals surface area contributed by atoms with Gasteiger partial charge in [-0.1, -0.05) is 37.3 Å². The Balaban J connectivity index is 2.17. The van der Waals surface area contributed by atoms with Gasteiger partial charge in [0.15, 0.2) is 5.60 Å². The smallest absolute Gasteiger partial charge is 0.305 e. The molecule has 1 aliphatic rings. The molecule has 1 aliphatic heterocycles. The lowest BCUT2D eigenvalue weighted by molar-refractivity contribution is -0.140. The van der Waals surface area contributed by atoms with E-state index in [2.05, 4.69) is 4.74 Å². The molecular formula is C20H27NO5. The second-order valence-corrected chi connectivity index (χ2v) is 6.50. The molecule has 1 aromatic rings. The van der Waals surface area contributed by atoms with Crippen LogP contribution >= 0.6 is 0 Å². The molecule has 2 N–H and O–H groups in total. The number of hydrogen-bond donors (Lipinski definition) is 2. The molecule has 0 fully saturated rings. The van der Waals surface area contributed by atoms with Gasteiger partial charge in [-0.05, 0) is 25.3 Å². The number of carbonyl (C=O) groups is 2. The molecular weight excluding hydrogens is 334 g/mol. The minimum Gasteiger partial charge on any atom is -0.469 e. The van der Waals surface area contributed by atoms with Crippen LogP contribution in [0, 0.1) is 5.92 Å². The lowest BCUT2D eigenvalue weighted by Gasteiger charge is -2.27. The maximum atomic E-state index is 13.0. The molecule has 6 heteroatoms. The van der Waals surface area contributed by atoms with Crippen molar-refractivity contribution in [2.24, 2.45) is 5.92 Å². The zero-order valence-electron chi connectivity index (χ0n) is 15.4. The molecule has 2 rings (SSSR count). The molecule has 6 nitrogen and oxygen atoms in total. The van der Waals surface area contributed by atoms with Crippen molar-refractivity contribution in [3.63, 3.8) is 0 Å². The van der Waals surface area contributed by atoms with Crippen molar-refractivity contribution in [3.05, 3.63) is 42.0 Å². The zero-order chi connectivity index (χ0) is 19.2. The van der Waals surface area contributed by atoms with Crippen LogP contribution in [0.1, 0.15) is 38.2 Å². The van der Waals surface area contributed by atoms with Crippen molar-refractivity contribution >= 4 is 17.6 Å². The van der Waals surface area contributed by atoms with E-state index in [-0.39, 0.29) is 18.5 Å². The maximum Gasteiger partial charge on any atom is 0.305 e. The molecule has 0 saturated carbocycles. The highest BCUT2D eigenvalue weighted by Gasteiger charge is 2.52. The van der Waals surface area contributed by atoms with Gasteiger partial charge >= 0.3 is 5.97 Å². The normalized spacial score (nSPS) is 20.5. The minimum atomic E-state index is -1.62. The highest BCUT2D eigenvalue weighted by molar-refractivity contribution is 6.07. The van der Waals surface area contributed by atoms with E-state index < -0.39 is 11.5 Å². The Morgan fingerprint density at radius 1 is 1.35 bits per heavy atom. The first kappa shape index (κ1) is 20.1. The predicted molar refractivity (Wildman–Crippen MR) is 98.6 cm³/mol. The van der Waals surface area contributed by atoms with Crippen LogP contribution in [0.2, 0.25) is 0 Å². The molecule has 26 heavy (non-hydrogen) atoms. The fourth-order valence-electron chi connectivity index (χ4n) is 3.28. The Labute approximate surface area is 154 Å². The summed E-state index contributed by atoms with van der Waals surface area (Å²) in [5.74, 6) is -1.04. The lowest BCUT2D eigenvalue weighted by Crippen LogP contribution is -2.44. The van der Waals surface area contributed by atoms with E-state index in [1.54, 1.807) is 30.0 Å². The molecule has 1 aromatic carbocycles. The van der Waals surface area contributed by atoms with E-state index in [1.807, 2.05) is 18.2 Å². The number of hydrogen-bond acceptors (Lipinski definition) is 5. The summed E-state index contributed by atoms with van der Waals surface area (Å²) in [4.78, 5) is 25.9. The molecule has 2 atom stereocenters. The summed E-state index contributed by atoms with van der Waals surface area (Å²) in [5, 5.41) is 20.2. The number of para-hydroxylation sites is 1. The number of aliphatic hydroxyl groups is 2. The highest BCUT2D eigenvalue weighted by Crippen LogP contribution is 2.45. The number of aliphatic hydroxyl groups excluding tert-OH is 1. The van der Waals surface area contributed by atoms with Gasteiger partial charge in [-0.3, -0.25) is 9.59 Å². The number of rotatable bonds is 9. The number of ether oxygens (including phenoxy) is 1. The van der Waals surface area contributed by atoms with Gasteiger partial charge in [0.1, 0.15) is 0 Å². The number of esters is 1. The summed E-state index contributed by atoms with van der Waals surface area (Å²) in [5.41, 5.74) is -0.315. The van der Waals surface area contributed by atoms with Crippen molar-refractivity contribution in [1.29, 1.82) is 0 Å². The van der Waals surface area contributed by atoms with Gasteiger partial charge in [-0.2, -0.15) is 0 Å². The van der Waals surface area contributed by atoms with Gasteiger partial charge in [-0.15, -0.1) is 0 Å². The molecule has 0 radical (unpaired) electrons. The van der Waals surface area contributed by atoms with E-state index in [9.17, 15) is 14.7 Å². The van der Waals surface area contributed by atoms with Gasteiger partial charge in [0.05, 0.1) is 12.8 Å². The van der Waals surface area contributed by atoms with Crippen LogP contribution in [0.3, 0.4) is 0 Å². The third-order valence-electron chi connectivity index (χ3n) is 4.80. The standard InChI is InChI=1S/C20H27NO5/c1-15(9-6-8-14-22)20(25)16-10-3-4-11-17(16)21(19(20)24)13-7-5-12-18(23)26-2/h3-4,6,9-11,15,22,25H,5,7-8,12-14H2,1-2H3/b9-6+/t15-,20+/m1/s1. The lowest BCUT2D eigenvalue weighted by atomic mass is 9.83. The van der Waals surface area contributed by atoms with Crippen LogP contribution in [-0.2, 0) is 19.9 Å². The Hall–Kier alpha value is -2.18. The third-order valence-corrected chi connectivity index (χ3v) is 4.80. The monoisotopic (exact) mass is 361 g/mol. The third kappa shape index (κ3) is 3.97. The molecule has 1 heterocycles. The van der Waals surface area contributed by atoms with Gasteiger partial charge in [0, 0.05) is 31.1 Å². The number of amides is 1. The average molecular weight is 361 g/mol. The van der Waals surface area contributed by atoms with Crippen molar-refractivity contribution < 1.29 is 24.5 Å². The van der Waals surface area contributed by atoms with Gasteiger partial charge in [-0.25, -0.2) is 0 Å². The van der Waals surface area contributed by atoms with E-state index in [4.69, 9.17) is 5.11 Å². The fourth-order valence-corrected chi connectivity index (χ4v) is 3.28. The van der Waals surface area contributed by atoms with Crippen LogP contribution in [0.25, 0.3) is 0 Å². The van der Waals surface area contributed by atoms with Crippen molar-refractivity contribution in [2.75, 3.05) is 25.2 Å². The maximum absolute atomic E-state index is 13.0. The number of anilines is 1. The summed E-state index contributed by atoms with van der Waals surface area (Å²) in [6.45, 7) is 2.25. The van der Waals surface area contributed by atoms with Crippen LogP contribution in [0.15, 0.2) is 36.4 Å². The van der Waals surface area contributed by atoms with E-state index in [0.29, 0.717) is 43.5 Å². The molecule has 0 aromatic heterocycles. The summed E-state index contributed by atoms with van der Waals surface area (Å²) < 4.78 is 4.63. The number of methoxy groups -OCH3 is 1. The second kappa shape index (κ2) is 8.96. The van der Waals surface area contributed by atoms with Crippen molar-refractivity contribution in [2.45, 2.75) is 38.2 Å². The molecule has 0 saturated heterocycles. The number of benzene rings is 1. The van der Waals surface area contributed by atoms with Crippen LogP contribution in [-0.4, -0.2) is 42.4 Å². The van der Waals surface area contributed by atoms with Crippen LogP contribution in [0.4, 0.5) is 5.69 Å². The first-order valence-electron chi connectivity index (χ1n) is 8.95. The molecule has 0 aliphatic carbocycles. The summed E-state index contributed by atoms with van der Waals surface area (Å²) in [7, 11) is 1.36. The van der Waals surface area contributed by atoms with E-state index in [0.717, 1.165) is 0 Å². The minimum absolute atomic E-state index is 0.0263. The van der Waals surface area contributed by atoms with Gasteiger partial charge in [0.25, 0.3) is 5.91 Å². The molecule has 1 amide bonds. The van der Waals surface area contributed by atoms with Crippen LogP contribution in [0.5, 0.6) is 0 Å². The molecule has 0 bridgehead atoms. The van der Waals surface area contributed by atoms with E-state index >= 15 is 0 Å². The summed E-state index contributed by atoms with van der Waals surface area (Å²) >= 11 is 0. The molecule has 0 spiro atoms. The number of nitrogens with zero attached hydrogens (tertiary/aromatic N) is 1. The van der Waals surface area contributed by atoms with Crippen molar-refractivity contribution in [3.8, 4) is 0 Å². The Bertz CT molecular complexity index is 672. The number of fused-ring (bicyclic) bond motifs is 1. The average Bonchev–Trinajstić information content (AvgIpc) is 2.87. The Morgan fingerprint density at radius 2 is 2.08 bits per heavy atom. The van der Waals surface area contributed by atoms with Gasteiger partial charge < -0.3 is 19.8 Å². The highest BCUT2D eigenvalue weighted by atomic mass is 16.5. The van der Waals surface area contributed by atoms with Crippen LogP contribution < -0.4 is 4.90 Å². The predicted octanol–water partition coefficient (Wildman–Crippen LogP) is 2.14. The molecule has 142 valence electrons. The fraction of sp³-hybridized carbons (Fsp3) is 0.500. The quantitative estimate of drug-likeness (QED) is 0.400. The van der Waals surface area contributed by atoms with Crippen molar-refractivity contribution in [1.82, 2.24) is 0 Å².